The Labute approximate surface area is 176 Å². The molecule has 1 atom stereocenters. The molecule has 0 radical (unpaired) electrons. The van der Waals surface area contributed by atoms with Crippen LogP contribution in [0.2, 0.25) is 0 Å². The Balaban J connectivity index is 0.00000140. The van der Waals surface area contributed by atoms with Gasteiger partial charge in [-0.25, -0.2) is 4.68 Å². The summed E-state index contributed by atoms with van der Waals surface area (Å²) in [5.74, 6) is 0.0515. The molecule has 2 aromatic heterocycles. The van der Waals surface area contributed by atoms with E-state index in [9.17, 15) is 4.79 Å². The Kier molecular flexibility index (Phi) is 7.99. The maximum atomic E-state index is 12.3. The third-order valence-corrected chi connectivity index (χ3v) is 4.59. The lowest BCUT2D eigenvalue weighted by atomic mass is 10.1. The number of aromatic nitrogens is 3. The summed E-state index contributed by atoms with van der Waals surface area (Å²) in [6.45, 7) is 1.35. The van der Waals surface area contributed by atoms with Crippen molar-refractivity contribution in [2.45, 2.75) is 25.4 Å². The first kappa shape index (κ1) is 21.9. The van der Waals surface area contributed by atoms with Gasteiger partial charge in [-0.15, -0.1) is 24.8 Å². The van der Waals surface area contributed by atoms with Crippen LogP contribution in [-0.2, 0) is 11.3 Å². The van der Waals surface area contributed by atoms with Gasteiger partial charge >= 0.3 is 0 Å². The van der Waals surface area contributed by atoms with Gasteiger partial charge in [-0.05, 0) is 43.7 Å². The summed E-state index contributed by atoms with van der Waals surface area (Å²) in [6.07, 6.45) is 7.43. The third kappa shape index (κ3) is 4.90. The molecule has 3 aromatic rings. The molecule has 0 saturated carbocycles. The molecule has 148 valence electrons. The lowest BCUT2D eigenvalue weighted by molar-refractivity contribution is -0.122. The fraction of sp³-hybridized carbons (Fsp3) is 0.250. The van der Waals surface area contributed by atoms with Crippen LogP contribution in [-0.4, -0.2) is 33.3 Å². The second-order valence-corrected chi connectivity index (χ2v) is 6.39. The van der Waals surface area contributed by atoms with Crippen LogP contribution in [0.15, 0.2) is 61.1 Å². The van der Waals surface area contributed by atoms with Crippen molar-refractivity contribution in [1.29, 1.82) is 0 Å². The van der Waals surface area contributed by atoms with Gasteiger partial charge in [0, 0.05) is 36.3 Å². The average molecular weight is 420 g/mol. The molecule has 0 aliphatic carbocycles. The minimum atomic E-state index is -0.0801. The average Bonchev–Trinajstić information content (AvgIpc) is 3.38. The van der Waals surface area contributed by atoms with Gasteiger partial charge in [-0.2, -0.15) is 5.10 Å². The van der Waals surface area contributed by atoms with E-state index in [4.69, 9.17) is 5.10 Å². The first-order valence-corrected chi connectivity index (χ1v) is 8.87. The molecule has 1 aliphatic heterocycles. The van der Waals surface area contributed by atoms with Gasteiger partial charge in [-0.3, -0.25) is 9.78 Å². The van der Waals surface area contributed by atoms with E-state index in [1.165, 1.54) is 0 Å². The van der Waals surface area contributed by atoms with Gasteiger partial charge < -0.3 is 10.6 Å². The van der Waals surface area contributed by atoms with Crippen LogP contribution in [0.25, 0.3) is 16.9 Å². The molecule has 6 nitrogen and oxygen atoms in total. The summed E-state index contributed by atoms with van der Waals surface area (Å²) in [5.41, 5.74) is 3.80. The number of pyridine rings is 1. The van der Waals surface area contributed by atoms with Crippen molar-refractivity contribution in [1.82, 2.24) is 25.4 Å². The lowest BCUT2D eigenvalue weighted by Crippen LogP contribution is -2.40. The minimum Gasteiger partial charge on any atom is -0.351 e. The maximum Gasteiger partial charge on any atom is 0.237 e. The molecule has 4 rings (SSSR count). The van der Waals surface area contributed by atoms with E-state index in [-0.39, 0.29) is 36.8 Å². The van der Waals surface area contributed by atoms with E-state index in [0.717, 1.165) is 41.9 Å². The molecule has 1 saturated heterocycles. The fourth-order valence-corrected chi connectivity index (χ4v) is 3.22. The van der Waals surface area contributed by atoms with E-state index in [1.54, 1.807) is 12.4 Å². The molecule has 8 heteroatoms. The first-order chi connectivity index (χ1) is 12.8. The van der Waals surface area contributed by atoms with E-state index >= 15 is 0 Å². The SMILES string of the molecule is Cl.Cl.O=C(NCc1cn(-c2ccccc2)nc1-c1ccncc1)C1CCCN1. The fourth-order valence-electron chi connectivity index (χ4n) is 3.22. The number of amides is 1. The largest absolute Gasteiger partial charge is 0.351 e. The Morgan fingerprint density at radius 1 is 1.14 bits per heavy atom. The number of nitrogens with one attached hydrogen (secondary N) is 2. The van der Waals surface area contributed by atoms with Crippen LogP contribution in [0, 0.1) is 0 Å². The number of hydrogen-bond donors (Lipinski definition) is 2. The van der Waals surface area contributed by atoms with Crippen molar-refractivity contribution in [2.24, 2.45) is 0 Å². The molecular formula is C20H23Cl2N5O. The number of hydrogen-bond acceptors (Lipinski definition) is 4. The first-order valence-electron chi connectivity index (χ1n) is 8.87. The van der Waals surface area contributed by atoms with Crippen LogP contribution < -0.4 is 10.6 Å². The summed E-state index contributed by atoms with van der Waals surface area (Å²) < 4.78 is 1.85. The number of carbonyl (C=O) groups is 1. The van der Waals surface area contributed by atoms with E-state index in [2.05, 4.69) is 15.6 Å². The molecule has 28 heavy (non-hydrogen) atoms. The summed E-state index contributed by atoms with van der Waals surface area (Å²) in [5, 5.41) is 11.0. The molecule has 1 aliphatic rings. The standard InChI is InChI=1S/C20H21N5O.2ClH/c26-20(18-7-4-10-22-18)23-13-16-14-25(17-5-2-1-3-6-17)24-19(16)15-8-11-21-12-9-15;;/h1-3,5-6,8-9,11-12,14,18,22H,4,7,10,13H2,(H,23,26);2*1H. The zero-order chi connectivity index (χ0) is 17.8. The van der Waals surface area contributed by atoms with Crippen molar-refractivity contribution in [3.8, 4) is 16.9 Å². The number of benzene rings is 1. The highest BCUT2D eigenvalue weighted by atomic mass is 35.5. The minimum absolute atomic E-state index is 0. The van der Waals surface area contributed by atoms with Crippen molar-refractivity contribution in [2.75, 3.05) is 6.54 Å². The van der Waals surface area contributed by atoms with Crippen molar-refractivity contribution >= 4 is 30.7 Å². The van der Waals surface area contributed by atoms with Crippen molar-refractivity contribution in [3.05, 3.63) is 66.6 Å². The van der Waals surface area contributed by atoms with Crippen LogP contribution in [0.3, 0.4) is 0 Å². The Bertz CT molecular complexity index is 880. The smallest absolute Gasteiger partial charge is 0.237 e. The van der Waals surface area contributed by atoms with Crippen molar-refractivity contribution in [3.63, 3.8) is 0 Å². The second-order valence-electron chi connectivity index (χ2n) is 6.39. The Morgan fingerprint density at radius 2 is 1.89 bits per heavy atom. The quantitative estimate of drug-likeness (QED) is 0.665. The summed E-state index contributed by atoms with van der Waals surface area (Å²) in [4.78, 5) is 16.4. The molecule has 2 N–H and O–H groups in total. The predicted octanol–water partition coefficient (Wildman–Crippen LogP) is 3.15. The zero-order valence-corrected chi connectivity index (χ0v) is 16.9. The van der Waals surface area contributed by atoms with Crippen LogP contribution in [0.1, 0.15) is 18.4 Å². The molecule has 1 fully saturated rings. The predicted molar refractivity (Wildman–Crippen MR) is 114 cm³/mol. The number of rotatable bonds is 5. The third-order valence-electron chi connectivity index (χ3n) is 4.59. The number of carbonyl (C=O) groups excluding carboxylic acids is 1. The Morgan fingerprint density at radius 3 is 2.57 bits per heavy atom. The molecule has 0 bridgehead atoms. The highest BCUT2D eigenvalue weighted by Crippen LogP contribution is 2.23. The van der Waals surface area contributed by atoms with E-state index in [1.807, 2.05) is 53.3 Å². The highest BCUT2D eigenvalue weighted by Gasteiger charge is 2.22. The lowest BCUT2D eigenvalue weighted by Gasteiger charge is -2.11. The van der Waals surface area contributed by atoms with Gasteiger partial charge in [0.2, 0.25) is 5.91 Å². The van der Waals surface area contributed by atoms with Gasteiger partial charge in [0.05, 0.1) is 17.4 Å². The maximum absolute atomic E-state index is 12.3. The van der Waals surface area contributed by atoms with Crippen LogP contribution in [0.4, 0.5) is 0 Å². The monoisotopic (exact) mass is 419 g/mol. The topological polar surface area (TPSA) is 71.8 Å². The summed E-state index contributed by atoms with van der Waals surface area (Å²) in [7, 11) is 0. The molecule has 1 unspecified atom stereocenters. The molecule has 3 heterocycles. The zero-order valence-electron chi connectivity index (χ0n) is 15.2. The van der Waals surface area contributed by atoms with Gasteiger partial charge in [0.25, 0.3) is 0 Å². The number of halogens is 2. The molecule has 0 spiro atoms. The normalized spacial score (nSPS) is 15.4. The van der Waals surface area contributed by atoms with Gasteiger partial charge in [0.15, 0.2) is 0 Å². The second kappa shape index (κ2) is 10.2. The van der Waals surface area contributed by atoms with Gasteiger partial charge in [-0.1, -0.05) is 18.2 Å². The highest BCUT2D eigenvalue weighted by molar-refractivity contribution is 5.85. The summed E-state index contributed by atoms with van der Waals surface area (Å²) >= 11 is 0. The van der Waals surface area contributed by atoms with Crippen LogP contribution >= 0.6 is 24.8 Å². The number of para-hydroxylation sites is 1. The summed E-state index contributed by atoms with van der Waals surface area (Å²) in [6, 6.07) is 13.7. The molecular weight excluding hydrogens is 397 g/mol. The van der Waals surface area contributed by atoms with E-state index < -0.39 is 0 Å². The Hall–Kier alpha value is -2.41. The van der Waals surface area contributed by atoms with Crippen molar-refractivity contribution < 1.29 is 4.79 Å². The van der Waals surface area contributed by atoms with Gasteiger partial charge in [0.1, 0.15) is 0 Å². The van der Waals surface area contributed by atoms with Crippen LogP contribution in [0.5, 0.6) is 0 Å². The number of nitrogens with zero attached hydrogens (tertiary/aromatic N) is 3. The molecule has 1 aromatic carbocycles. The molecule has 1 amide bonds. The van der Waals surface area contributed by atoms with E-state index in [0.29, 0.717) is 6.54 Å².